The van der Waals surface area contributed by atoms with Crippen molar-refractivity contribution in [3.05, 3.63) is 77.2 Å². The van der Waals surface area contributed by atoms with E-state index < -0.39 is 47.8 Å². The van der Waals surface area contributed by atoms with Gasteiger partial charge in [0.05, 0.1) is 30.4 Å². The number of hydrogen-bond donors (Lipinski definition) is 2. The van der Waals surface area contributed by atoms with Crippen LogP contribution in [0.3, 0.4) is 0 Å². The number of benzene rings is 1. The lowest BCUT2D eigenvalue weighted by Gasteiger charge is -2.48. The maximum absolute atomic E-state index is 14.0. The Morgan fingerprint density at radius 1 is 0.977 bits per heavy atom. The molecule has 44 heavy (non-hydrogen) atoms. The van der Waals surface area contributed by atoms with Crippen LogP contribution in [0.1, 0.15) is 5.56 Å². The molecule has 3 aliphatic heterocycles. The quantitative estimate of drug-likeness (QED) is 0.401. The van der Waals surface area contributed by atoms with Crippen molar-refractivity contribution in [1.29, 1.82) is 0 Å². The predicted octanol–water partition coefficient (Wildman–Crippen LogP) is 3.96. The van der Waals surface area contributed by atoms with Gasteiger partial charge in [0, 0.05) is 51.3 Å². The minimum absolute atomic E-state index is 0.190. The first-order valence-electron chi connectivity index (χ1n) is 13.6. The third-order valence-corrected chi connectivity index (χ3v) is 7.49. The van der Waals surface area contributed by atoms with Gasteiger partial charge in [0.15, 0.2) is 6.17 Å². The molecular formula is C29H34F6N6O3. The number of carbonyl (C=O) groups excluding carboxylic acids is 1. The highest BCUT2D eigenvalue weighted by molar-refractivity contribution is 6.10. The number of dihydropyridines is 1. The van der Waals surface area contributed by atoms with Crippen LogP contribution < -0.4 is 10.6 Å². The molecule has 0 aliphatic carbocycles. The van der Waals surface area contributed by atoms with Gasteiger partial charge in [-0.05, 0) is 49.7 Å². The highest BCUT2D eigenvalue weighted by Crippen LogP contribution is 2.38. The lowest BCUT2D eigenvalue weighted by atomic mass is 9.94. The molecule has 3 atom stereocenters. The van der Waals surface area contributed by atoms with E-state index in [-0.39, 0.29) is 43.5 Å². The second-order valence-corrected chi connectivity index (χ2v) is 10.3. The molecule has 0 bridgehead atoms. The van der Waals surface area contributed by atoms with E-state index in [9.17, 15) is 31.1 Å². The van der Waals surface area contributed by atoms with Gasteiger partial charge in [-0.2, -0.15) is 26.3 Å². The van der Waals surface area contributed by atoms with Crippen LogP contribution >= 0.6 is 0 Å². The van der Waals surface area contributed by atoms with Crippen LogP contribution in [0.15, 0.2) is 76.6 Å². The summed E-state index contributed by atoms with van der Waals surface area (Å²) in [6.45, 7) is 0.932. The van der Waals surface area contributed by atoms with Crippen LogP contribution in [0.4, 0.5) is 32.0 Å². The first-order valence-corrected chi connectivity index (χ1v) is 13.6. The van der Waals surface area contributed by atoms with Gasteiger partial charge in [-0.25, -0.2) is 4.99 Å². The average molecular weight is 629 g/mol. The van der Waals surface area contributed by atoms with E-state index in [1.807, 2.05) is 0 Å². The SMILES string of the molecule is COCCN(CCOC)C(=O)C1N=C(Nc2ccc(C(F)(F)F)cc2)C2=CC=C(C3NC=CC=C3C(F)(F)F)N(C)C2N1C. The number of allylic oxidation sites excluding steroid dienone is 4. The van der Waals surface area contributed by atoms with E-state index in [4.69, 9.17) is 9.47 Å². The van der Waals surface area contributed by atoms with E-state index in [2.05, 4.69) is 15.6 Å². The molecule has 3 aliphatic rings. The number of carbonyl (C=O) groups is 1. The molecule has 1 aromatic carbocycles. The molecule has 0 saturated heterocycles. The Kier molecular flexibility index (Phi) is 10.1. The number of methoxy groups -OCH3 is 2. The molecule has 0 saturated carbocycles. The van der Waals surface area contributed by atoms with Crippen LogP contribution in [-0.4, -0.2) is 106 Å². The average Bonchev–Trinajstić information content (AvgIpc) is 2.97. The zero-order chi connectivity index (χ0) is 32.2. The van der Waals surface area contributed by atoms with Crippen molar-refractivity contribution in [3.63, 3.8) is 0 Å². The number of rotatable bonds is 9. The van der Waals surface area contributed by atoms with Crippen molar-refractivity contribution in [2.75, 3.05) is 59.9 Å². The Balaban J connectivity index is 1.76. The lowest BCUT2D eigenvalue weighted by molar-refractivity contribution is -0.139. The molecule has 0 spiro atoms. The summed E-state index contributed by atoms with van der Waals surface area (Å²) in [6, 6.07) is 3.09. The van der Waals surface area contributed by atoms with Crippen molar-refractivity contribution < 1.29 is 40.6 Å². The number of nitrogens with zero attached hydrogens (tertiary/aromatic N) is 4. The van der Waals surface area contributed by atoms with E-state index in [0.29, 0.717) is 5.57 Å². The van der Waals surface area contributed by atoms with Crippen molar-refractivity contribution in [2.24, 2.45) is 4.99 Å². The maximum atomic E-state index is 14.0. The van der Waals surface area contributed by atoms with Crippen LogP contribution in [0, 0.1) is 0 Å². The normalized spacial score (nSPS) is 22.3. The fourth-order valence-corrected chi connectivity index (χ4v) is 5.25. The van der Waals surface area contributed by atoms with E-state index in [0.717, 1.165) is 18.2 Å². The van der Waals surface area contributed by atoms with Crippen LogP contribution in [-0.2, 0) is 20.4 Å². The summed E-state index contributed by atoms with van der Waals surface area (Å²) >= 11 is 0. The molecule has 3 unspecified atom stereocenters. The van der Waals surface area contributed by atoms with Crippen molar-refractivity contribution >= 4 is 17.4 Å². The van der Waals surface area contributed by atoms with E-state index in [1.54, 1.807) is 30.0 Å². The van der Waals surface area contributed by atoms with Crippen molar-refractivity contribution in [3.8, 4) is 0 Å². The molecule has 2 N–H and O–H groups in total. The zero-order valence-electron chi connectivity index (χ0n) is 24.5. The molecule has 240 valence electrons. The summed E-state index contributed by atoms with van der Waals surface area (Å²) in [5.74, 6) is -0.221. The molecule has 15 heteroatoms. The van der Waals surface area contributed by atoms with Gasteiger partial charge in [-0.3, -0.25) is 9.69 Å². The molecule has 3 heterocycles. The Labute approximate surface area is 251 Å². The molecule has 4 rings (SSSR count). The summed E-state index contributed by atoms with van der Waals surface area (Å²) < 4.78 is 91.7. The number of ether oxygens (including phenoxy) is 2. The van der Waals surface area contributed by atoms with E-state index >= 15 is 0 Å². The van der Waals surface area contributed by atoms with Gasteiger partial charge in [0.2, 0.25) is 0 Å². The topological polar surface area (TPSA) is 81.7 Å². The summed E-state index contributed by atoms with van der Waals surface area (Å²) in [4.78, 5) is 23.4. The van der Waals surface area contributed by atoms with Gasteiger partial charge in [0.25, 0.3) is 5.91 Å². The summed E-state index contributed by atoms with van der Waals surface area (Å²) in [5.41, 5.74) is -0.550. The second-order valence-electron chi connectivity index (χ2n) is 10.3. The molecule has 0 aromatic heterocycles. The molecule has 1 aromatic rings. The van der Waals surface area contributed by atoms with Gasteiger partial charge >= 0.3 is 12.4 Å². The molecule has 0 radical (unpaired) electrons. The Morgan fingerprint density at radius 2 is 1.61 bits per heavy atom. The van der Waals surface area contributed by atoms with Crippen molar-refractivity contribution in [1.82, 2.24) is 20.0 Å². The molecule has 0 fully saturated rings. The van der Waals surface area contributed by atoms with Gasteiger partial charge in [-0.1, -0.05) is 12.2 Å². The number of alkyl halides is 6. The lowest BCUT2D eigenvalue weighted by Crippen LogP contribution is -2.61. The summed E-state index contributed by atoms with van der Waals surface area (Å²) in [5, 5.41) is 5.82. The predicted molar refractivity (Wildman–Crippen MR) is 152 cm³/mol. The fraction of sp³-hybridized carbons (Fsp3) is 0.448. The number of likely N-dealkylation sites (N-methyl/N-ethyl adjacent to an activating group) is 2. The number of hydrogen-bond acceptors (Lipinski definition) is 8. The number of anilines is 1. The number of amides is 1. The summed E-state index contributed by atoms with van der Waals surface area (Å²) in [7, 11) is 6.24. The van der Waals surface area contributed by atoms with E-state index in [1.165, 1.54) is 49.6 Å². The monoisotopic (exact) mass is 628 g/mol. The maximum Gasteiger partial charge on any atom is 0.416 e. The van der Waals surface area contributed by atoms with Crippen LogP contribution in [0.2, 0.25) is 0 Å². The number of amidine groups is 1. The first kappa shape index (κ1) is 33.1. The number of halogens is 6. The third kappa shape index (κ3) is 7.11. The molecule has 9 nitrogen and oxygen atoms in total. The number of aliphatic imine (C=N–C) groups is 1. The largest absolute Gasteiger partial charge is 0.416 e. The number of nitrogens with one attached hydrogen (secondary N) is 2. The minimum Gasteiger partial charge on any atom is -0.383 e. The fourth-order valence-electron chi connectivity index (χ4n) is 5.25. The first-order chi connectivity index (χ1) is 20.8. The smallest absolute Gasteiger partial charge is 0.383 e. The highest BCUT2D eigenvalue weighted by atomic mass is 19.4. The van der Waals surface area contributed by atoms with Crippen LogP contribution in [0.5, 0.6) is 0 Å². The standard InChI is InChI=1S/C29H34F6N6O3/c1-39-22(23-21(29(33,34)35)6-5-13-36-23)12-11-20-24(37-19-9-7-18(8-10-19)28(30,31)32)38-25(40(2)26(20)39)27(42)41(14-16-43-3)15-17-44-4/h5-13,23,25-26,36H,14-17H2,1-4H3,(H,37,38). The summed E-state index contributed by atoms with van der Waals surface area (Å²) in [6.07, 6.45) is -4.19. The Hall–Kier alpha value is -3.82. The van der Waals surface area contributed by atoms with Gasteiger partial charge in [-0.15, -0.1) is 0 Å². The highest BCUT2D eigenvalue weighted by Gasteiger charge is 2.46. The minimum atomic E-state index is -4.61. The molecular weight excluding hydrogens is 594 g/mol. The Bertz CT molecular complexity index is 1340. The van der Waals surface area contributed by atoms with Gasteiger partial charge in [0.1, 0.15) is 12.0 Å². The Morgan fingerprint density at radius 3 is 2.18 bits per heavy atom. The van der Waals surface area contributed by atoms with Crippen molar-refractivity contribution in [2.45, 2.75) is 30.7 Å². The zero-order valence-corrected chi connectivity index (χ0v) is 24.5. The second kappa shape index (κ2) is 13.4. The third-order valence-electron chi connectivity index (χ3n) is 7.49. The molecule has 1 amide bonds. The van der Waals surface area contributed by atoms with Crippen LogP contribution in [0.25, 0.3) is 0 Å². The van der Waals surface area contributed by atoms with Gasteiger partial charge < -0.3 is 29.9 Å². The number of fused-ring (bicyclic) bond motifs is 1.